The summed E-state index contributed by atoms with van der Waals surface area (Å²) in [5, 5.41) is 8.96. The highest BCUT2D eigenvalue weighted by atomic mass is 35.5. The van der Waals surface area contributed by atoms with E-state index in [1.807, 2.05) is 6.07 Å². The zero-order valence-electron chi connectivity index (χ0n) is 14.6. The van der Waals surface area contributed by atoms with E-state index < -0.39 is 20.2 Å². The summed E-state index contributed by atoms with van der Waals surface area (Å²) in [6.45, 7) is 4.53. The van der Waals surface area contributed by atoms with Gasteiger partial charge < -0.3 is 0 Å². The second-order valence-electron chi connectivity index (χ2n) is 5.65. The lowest BCUT2D eigenvalue weighted by Crippen LogP contribution is -2.54. The van der Waals surface area contributed by atoms with Crippen molar-refractivity contribution < 1.29 is 16.8 Å². The molecule has 2 rings (SSSR count). The van der Waals surface area contributed by atoms with Crippen LogP contribution in [0.5, 0.6) is 0 Å². The second-order valence-corrected chi connectivity index (χ2v) is 9.92. The van der Waals surface area contributed by atoms with Gasteiger partial charge in [0.2, 0.25) is 10.0 Å². The molecule has 1 aromatic rings. The lowest BCUT2D eigenvalue weighted by molar-refractivity contribution is 0.256. The van der Waals surface area contributed by atoms with E-state index in [4.69, 9.17) is 16.9 Å². The third kappa shape index (κ3) is 4.03. The number of rotatable bonds is 6. The average molecular weight is 421 g/mol. The van der Waals surface area contributed by atoms with Crippen molar-refractivity contribution in [3.05, 3.63) is 28.8 Å². The molecule has 0 amide bonds. The molecule has 8 nitrogen and oxygen atoms in total. The number of nitriles is 1. The number of hydrogen-bond donors (Lipinski definition) is 0. The predicted molar refractivity (Wildman–Crippen MR) is 98.3 cm³/mol. The van der Waals surface area contributed by atoms with E-state index in [9.17, 15) is 16.8 Å². The van der Waals surface area contributed by atoms with E-state index in [1.54, 1.807) is 13.8 Å². The Balaban J connectivity index is 2.17. The Morgan fingerprint density at radius 3 is 2.08 bits per heavy atom. The Morgan fingerprint density at radius 2 is 1.62 bits per heavy atom. The van der Waals surface area contributed by atoms with Crippen molar-refractivity contribution in [2.75, 3.05) is 39.3 Å². The highest BCUT2D eigenvalue weighted by molar-refractivity contribution is 7.89. The molecule has 0 spiro atoms. The van der Waals surface area contributed by atoms with E-state index >= 15 is 0 Å². The topological polar surface area (TPSA) is 102 Å². The molecule has 0 aliphatic carbocycles. The molecule has 0 bridgehead atoms. The minimum absolute atomic E-state index is 0.0125. The molecule has 1 aliphatic rings. The molecule has 0 unspecified atom stereocenters. The number of sulfonamides is 1. The van der Waals surface area contributed by atoms with Crippen molar-refractivity contribution in [1.82, 2.24) is 12.9 Å². The molecule has 0 radical (unpaired) electrons. The number of nitrogens with zero attached hydrogens (tertiary/aromatic N) is 4. The van der Waals surface area contributed by atoms with Gasteiger partial charge in [0.1, 0.15) is 6.07 Å². The Hall–Kier alpha value is -1.22. The molecule has 1 aliphatic heterocycles. The van der Waals surface area contributed by atoms with E-state index in [0.717, 1.165) is 0 Å². The normalized spacial score (nSPS) is 17.3. The van der Waals surface area contributed by atoms with Crippen LogP contribution in [0.2, 0.25) is 5.02 Å². The van der Waals surface area contributed by atoms with Crippen LogP contribution in [-0.4, -0.2) is 69.0 Å². The fraction of sp³-hybridized carbons (Fsp3) is 0.533. The zero-order chi connectivity index (χ0) is 19.5. The van der Waals surface area contributed by atoms with Crippen molar-refractivity contribution in [2.45, 2.75) is 18.7 Å². The van der Waals surface area contributed by atoms with Crippen molar-refractivity contribution in [3.8, 4) is 6.07 Å². The summed E-state index contributed by atoms with van der Waals surface area (Å²) in [5.74, 6) is 0. The van der Waals surface area contributed by atoms with Crippen LogP contribution in [0.3, 0.4) is 0 Å². The summed E-state index contributed by atoms with van der Waals surface area (Å²) in [6, 6.07) is 5.81. The first-order valence-electron chi connectivity index (χ1n) is 8.13. The predicted octanol–water partition coefficient (Wildman–Crippen LogP) is 1.10. The highest BCUT2D eigenvalue weighted by Gasteiger charge is 2.35. The standard InChI is InChI=1S/C15H21ClN4O4S2/c1-3-18(4-2)26(23,24)20-9-7-19(8-10-20)25(21,22)14-6-5-13(12-17)15(16)11-14/h5-6,11H,3-4,7-10H2,1-2H3. The fourth-order valence-electron chi connectivity index (χ4n) is 2.75. The van der Waals surface area contributed by atoms with Gasteiger partial charge in [0.15, 0.2) is 0 Å². The van der Waals surface area contributed by atoms with Gasteiger partial charge in [0.25, 0.3) is 10.2 Å². The van der Waals surface area contributed by atoms with Crippen molar-refractivity contribution in [1.29, 1.82) is 5.26 Å². The number of halogens is 1. The number of hydrogen-bond acceptors (Lipinski definition) is 5. The van der Waals surface area contributed by atoms with E-state index in [2.05, 4.69) is 0 Å². The van der Waals surface area contributed by atoms with Gasteiger partial charge in [0, 0.05) is 39.3 Å². The van der Waals surface area contributed by atoms with Crippen LogP contribution in [0.25, 0.3) is 0 Å². The zero-order valence-corrected chi connectivity index (χ0v) is 17.0. The molecule has 26 heavy (non-hydrogen) atoms. The maximum atomic E-state index is 12.7. The van der Waals surface area contributed by atoms with Crippen LogP contribution in [-0.2, 0) is 20.2 Å². The Bertz CT molecular complexity index is 900. The summed E-state index contributed by atoms with van der Waals surface area (Å²) in [5.41, 5.74) is 0.195. The molecule has 1 aromatic carbocycles. The van der Waals surface area contributed by atoms with Crippen LogP contribution in [0.15, 0.2) is 23.1 Å². The van der Waals surface area contributed by atoms with E-state index in [0.29, 0.717) is 13.1 Å². The van der Waals surface area contributed by atoms with E-state index in [-0.39, 0.29) is 41.7 Å². The fourth-order valence-corrected chi connectivity index (χ4v) is 6.09. The molecule has 11 heteroatoms. The van der Waals surface area contributed by atoms with Gasteiger partial charge in [-0.15, -0.1) is 0 Å². The van der Waals surface area contributed by atoms with Crippen molar-refractivity contribution in [2.24, 2.45) is 0 Å². The second kappa shape index (κ2) is 8.21. The summed E-state index contributed by atoms with van der Waals surface area (Å²) >= 11 is 5.93. The minimum atomic E-state index is -3.81. The molecule has 1 heterocycles. The Morgan fingerprint density at radius 1 is 1.08 bits per heavy atom. The van der Waals surface area contributed by atoms with Gasteiger partial charge in [-0.05, 0) is 18.2 Å². The molecular weight excluding hydrogens is 400 g/mol. The minimum Gasteiger partial charge on any atom is -0.207 e. The van der Waals surface area contributed by atoms with Gasteiger partial charge >= 0.3 is 0 Å². The third-order valence-corrected chi connectivity index (χ3v) is 8.65. The molecule has 0 aromatic heterocycles. The van der Waals surface area contributed by atoms with E-state index in [1.165, 1.54) is 31.1 Å². The monoisotopic (exact) mass is 420 g/mol. The first kappa shape index (κ1) is 21.1. The Labute approximate surface area is 159 Å². The molecule has 1 fully saturated rings. The van der Waals surface area contributed by atoms with Crippen LogP contribution < -0.4 is 0 Å². The van der Waals surface area contributed by atoms with Crippen molar-refractivity contribution in [3.63, 3.8) is 0 Å². The quantitative estimate of drug-likeness (QED) is 0.685. The maximum Gasteiger partial charge on any atom is 0.282 e. The van der Waals surface area contributed by atoms with Gasteiger partial charge in [0.05, 0.1) is 15.5 Å². The number of benzene rings is 1. The molecule has 0 N–H and O–H groups in total. The highest BCUT2D eigenvalue weighted by Crippen LogP contribution is 2.24. The summed E-state index contributed by atoms with van der Waals surface area (Å²) < 4.78 is 54.4. The SMILES string of the molecule is CCN(CC)S(=O)(=O)N1CCN(S(=O)(=O)c2ccc(C#N)c(Cl)c2)CC1. The molecule has 144 valence electrons. The van der Waals surface area contributed by atoms with Gasteiger partial charge in [-0.3, -0.25) is 0 Å². The lowest BCUT2D eigenvalue weighted by Gasteiger charge is -2.35. The van der Waals surface area contributed by atoms with Gasteiger partial charge in [-0.25, -0.2) is 8.42 Å². The first-order valence-corrected chi connectivity index (χ1v) is 11.3. The molecule has 1 saturated heterocycles. The first-order chi connectivity index (χ1) is 12.2. The van der Waals surface area contributed by atoms with Crippen molar-refractivity contribution >= 4 is 31.8 Å². The summed E-state index contributed by atoms with van der Waals surface area (Å²) in [4.78, 5) is -0.0125. The molecular formula is C15H21ClN4O4S2. The average Bonchev–Trinajstić information content (AvgIpc) is 2.62. The maximum absolute atomic E-state index is 12.7. The largest absolute Gasteiger partial charge is 0.282 e. The van der Waals surface area contributed by atoms with Crippen LogP contribution in [0.4, 0.5) is 0 Å². The van der Waals surface area contributed by atoms with Crippen LogP contribution in [0, 0.1) is 11.3 Å². The summed E-state index contributed by atoms with van der Waals surface area (Å²) in [7, 11) is -7.39. The smallest absolute Gasteiger partial charge is 0.207 e. The van der Waals surface area contributed by atoms with Gasteiger partial charge in [-0.1, -0.05) is 25.4 Å². The Kier molecular flexibility index (Phi) is 6.65. The van der Waals surface area contributed by atoms with Crippen LogP contribution >= 0.6 is 11.6 Å². The van der Waals surface area contributed by atoms with Crippen LogP contribution in [0.1, 0.15) is 19.4 Å². The number of piperazine rings is 1. The third-order valence-electron chi connectivity index (χ3n) is 4.25. The summed E-state index contributed by atoms with van der Waals surface area (Å²) in [6.07, 6.45) is 0. The van der Waals surface area contributed by atoms with Gasteiger partial charge in [-0.2, -0.15) is 26.6 Å². The molecule has 0 atom stereocenters. The molecule has 0 saturated carbocycles. The lowest BCUT2D eigenvalue weighted by atomic mass is 10.2.